The molecule has 2 fully saturated rings. The van der Waals surface area contributed by atoms with Gasteiger partial charge in [0.1, 0.15) is 6.10 Å². The summed E-state index contributed by atoms with van der Waals surface area (Å²) in [6.45, 7) is 1.80. The molecular weight excluding hydrogens is 260 g/mol. The SMILES string of the molecule is C[C@@]12O[C@@H]1[C@@](c1ccccc1)(c1cccs1)OC2=O. The number of carbonyl (C=O) groups is 1. The zero-order valence-electron chi connectivity index (χ0n) is 10.3. The zero-order valence-corrected chi connectivity index (χ0v) is 11.1. The van der Waals surface area contributed by atoms with Crippen LogP contribution in [0.25, 0.3) is 0 Å². The van der Waals surface area contributed by atoms with Gasteiger partial charge >= 0.3 is 5.97 Å². The van der Waals surface area contributed by atoms with Gasteiger partial charge in [0.05, 0.1) is 4.88 Å². The largest absolute Gasteiger partial charge is 0.443 e. The Kier molecular flexibility index (Phi) is 2.04. The Labute approximate surface area is 114 Å². The number of fused-ring (bicyclic) bond motifs is 1. The van der Waals surface area contributed by atoms with Gasteiger partial charge in [-0.3, -0.25) is 0 Å². The summed E-state index contributed by atoms with van der Waals surface area (Å²) in [4.78, 5) is 13.1. The van der Waals surface area contributed by atoms with Gasteiger partial charge in [-0.05, 0) is 18.4 Å². The molecular formula is C15H12O3S. The molecule has 4 heteroatoms. The van der Waals surface area contributed by atoms with E-state index in [2.05, 4.69) is 0 Å². The van der Waals surface area contributed by atoms with Crippen LogP contribution < -0.4 is 0 Å². The monoisotopic (exact) mass is 272 g/mol. The molecule has 0 saturated carbocycles. The first-order valence-electron chi connectivity index (χ1n) is 6.19. The van der Waals surface area contributed by atoms with Crippen molar-refractivity contribution < 1.29 is 14.3 Å². The standard InChI is InChI=1S/C15H12O3S/c1-14-12(17-14)15(18-13(14)16,11-8-5-9-19-11)10-6-3-2-4-7-10/h2-9,12H,1H3/t12-,14+,15+/m0/s1. The van der Waals surface area contributed by atoms with E-state index in [1.54, 1.807) is 18.3 Å². The number of esters is 1. The Balaban J connectivity index is 1.94. The number of rotatable bonds is 2. The van der Waals surface area contributed by atoms with E-state index in [-0.39, 0.29) is 12.1 Å². The molecule has 2 aliphatic rings. The summed E-state index contributed by atoms with van der Waals surface area (Å²) < 4.78 is 11.5. The van der Waals surface area contributed by atoms with Gasteiger partial charge in [-0.15, -0.1) is 11.3 Å². The van der Waals surface area contributed by atoms with Crippen LogP contribution in [0.1, 0.15) is 17.4 Å². The second kappa shape index (κ2) is 3.46. The molecule has 0 unspecified atom stereocenters. The van der Waals surface area contributed by atoms with Gasteiger partial charge in [0, 0.05) is 5.56 Å². The smallest absolute Gasteiger partial charge is 0.342 e. The van der Waals surface area contributed by atoms with Gasteiger partial charge < -0.3 is 9.47 Å². The molecule has 1 aromatic carbocycles. The van der Waals surface area contributed by atoms with Crippen molar-refractivity contribution in [2.45, 2.75) is 24.2 Å². The predicted molar refractivity (Wildman–Crippen MR) is 70.9 cm³/mol. The molecule has 0 radical (unpaired) electrons. The van der Waals surface area contributed by atoms with E-state index in [1.165, 1.54) is 0 Å². The van der Waals surface area contributed by atoms with Crippen molar-refractivity contribution in [1.29, 1.82) is 0 Å². The molecule has 3 atom stereocenters. The molecule has 1 aromatic heterocycles. The quantitative estimate of drug-likeness (QED) is 0.623. The first-order chi connectivity index (χ1) is 9.18. The molecule has 4 rings (SSSR count). The third kappa shape index (κ3) is 1.28. The van der Waals surface area contributed by atoms with Crippen LogP contribution in [0.2, 0.25) is 0 Å². The van der Waals surface area contributed by atoms with Gasteiger partial charge in [0.15, 0.2) is 5.60 Å². The molecule has 0 amide bonds. The summed E-state index contributed by atoms with van der Waals surface area (Å²) in [7, 11) is 0. The van der Waals surface area contributed by atoms with E-state index in [1.807, 2.05) is 47.8 Å². The van der Waals surface area contributed by atoms with E-state index in [0.29, 0.717) is 0 Å². The van der Waals surface area contributed by atoms with E-state index in [4.69, 9.17) is 9.47 Å². The lowest BCUT2D eigenvalue weighted by Gasteiger charge is -2.28. The van der Waals surface area contributed by atoms with E-state index in [9.17, 15) is 4.79 Å². The third-order valence-electron chi connectivity index (χ3n) is 3.92. The average Bonchev–Trinajstić information content (AvgIpc) is 2.83. The van der Waals surface area contributed by atoms with Crippen LogP contribution in [-0.4, -0.2) is 17.7 Å². The van der Waals surface area contributed by atoms with Crippen molar-refractivity contribution in [3.63, 3.8) is 0 Å². The molecule has 0 aliphatic carbocycles. The van der Waals surface area contributed by atoms with Gasteiger partial charge in [-0.25, -0.2) is 4.79 Å². The van der Waals surface area contributed by atoms with Crippen LogP contribution in [0, 0.1) is 0 Å². The van der Waals surface area contributed by atoms with Crippen molar-refractivity contribution in [2.24, 2.45) is 0 Å². The van der Waals surface area contributed by atoms with Crippen molar-refractivity contribution in [2.75, 3.05) is 0 Å². The van der Waals surface area contributed by atoms with Crippen LogP contribution in [0.3, 0.4) is 0 Å². The van der Waals surface area contributed by atoms with Crippen LogP contribution in [0.4, 0.5) is 0 Å². The van der Waals surface area contributed by atoms with Gasteiger partial charge in [0.2, 0.25) is 5.60 Å². The number of hydrogen-bond donors (Lipinski definition) is 0. The Bertz CT molecular complexity index is 637. The highest BCUT2D eigenvalue weighted by atomic mass is 32.1. The average molecular weight is 272 g/mol. The van der Waals surface area contributed by atoms with Gasteiger partial charge in [-0.1, -0.05) is 36.4 Å². The van der Waals surface area contributed by atoms with Crippen LogP contribution >= 0.6 is 11.3 Å². The Morgan fingerprint density at radius 3 is 2.47 bits per heavy atom. The van der Waals surface area contributed by atoms with E-state index < -0.39 is 11.2 Å². The summed E-state index contributed by atoms with van der Waals surface area (Å²) in [6, 6.07) is 13.8. The molecule has 0 spiro atoms. The Morgan fingerprint density at radius 2 is 1.95 bits per heavy atom. The minimum Gasteiger partial charge on any atom is -0.443 e. The summed E-state index contributed by atoms with van der Waals surface area (Å²) in [5.74, 6) is -0.269. The summed E-state index contributed by atoms with van der Waals surface area (Å²) >= 11 is 1.59. The van der Waals surface area contributed by atoms with Crippen LogP contribution in [0.5, 0.6) is 0 Å². The maximum Gasteiger partial charge on any atom is 0.342 e. The topological polar surface area (TPSA) is 38.8 Å². The molecule has 2 aromatic rings. The normalized spacial score (nSPS) is 35.8. The van der Waals surface area contributed by atoms with Crippen molar-refractivity contribution in [3.8, 4) is 0 Å². The fraction of sp³-hybridized carbons (Fsp3) is 0.267. The first kappa shape index (κ1) is 11.2. The van der Waals surface area contributed by atoms with Crippen LogP contribution in [-0.2, 0) is 19.9 Å². The summed E-state index contributed by atoms with van der Waals surface area (Å²) in [6.07, 6.45) is -0.228. The number of epoxide rings is 1. The minimum absolute atomic E-state index is 0.228. The third-order valence-corrected chi connectivity index (χ3v) is 4.91. The maximum atomic E-state index is 12.1. The fourth-order valence-corrected chi connectivity index (χ4v) is 3.75. The fourth-order valence-electron chi connectivity index (χ4n) is 2.85. The number of thiophene rings is 1. The Hall–Kier alpha value is -1.65. The number of carbonyl (C=O) groups excluding carboxylic acids is 1. The zero-order chi connectivity index (χ0) is 13.1. The lowest BCUT2D eigenvalue weighted by molar-refractivity contribution is -0.160. The number of ether oxygens (including phenoxy) is 2. The maximum absolute atomic E-state index is 12.1. The highest BCUT2D eigenvalue weighted by Gasteiger charge is 2.77. The molecule has 0 N–H and O–H groups in total. The van der Waals surface area contributed by atoms with Gasteiger partial charge in [-0.2, -0.15) is 0 Å². The number of cyclic esters (lactones) is 1. The van der Waals surface area contributed by atoms with Crippen LogP contribution in [0.15, 0.2) is 47.8 Å². The number of hydrogen-bond acceptors (Lipinski definition) is 4. The molecule has 2 aliphatic heterocycles. The molecule has 19 heavy (non-hydrogen) atoms. The highest BCUT2D eigenvalue weighted by Crippen LogP contribution is 2.59. The van der Waals surface area contributed by atoms with E-state index >= 15 is 0 Å². The minimum atomic E-state index is -0.778. The van der Waals surface area contributed by atoms with Crippen molar-refractivity contribution in [1.82, 2.24) is 0 Å². The lowest BCUT2D eigenvalue weighted by atomic mass is 9.86. The van der Waals surface area contributed by atoms with Crippen molar-refractivity contribution >= 4 is 17.3 Å². The number of benzene rings is 1. The van der Waals surface area contributed by atoms with E-state index in [0.717, 1.165) is 10.4 Å². The second-order valence-corrected chi connectivity index (χ2v) is 6.02. The molecule has 0 bridgehead atoms. The molecule has 96 valence electrons. The predicted octanol–water partition coefficient (Wildman–Crippen LogP) is 2.71. The first-order valence-corrected chi connectivity index (χ1v) is 7.07. The summed E-state index contributed by atoms with van der Waals surface area (Å²) in [5, 5.41) is 1.99. The molecule has 2 saturated heterocycles. The van der Waals surface area contributed by atoms with Crippen molar-refractivity contribution in [3.05, 3.63) is 58.3 Å². The summed E-state index contributed by atoms with van der Waals surface area (Å²) in [5.41, 5.74) is -0.585. The lowest BCUT2D eigenvalue weighted by Crippen LogP contribution is -2.33. The second-order valence-electron chi connectivity index (χ2n) is 5.07. The molecule has 3 nitrogen and oxygen atoms in total. The molecule has 3 heterocycles. The highest BCUT2D eigenvalue weighted by molar-refractivity contribution is 7.10. The Morgan fingerprint density at radius 1 is 1.16 bits per heavy atom. The van der Waals surface area contributed by atoms with Gasteiger partial charge in [0.25, 0.3) is 0 Å².